The van der Waals surface area contributed by atoms with Crippen LogP contribution in [0.1, 0.15) is 31.0 Å². The topological polar surface area (TPSA) is 52.4 Å². The quantitative estimate of drug-likeness (QED) is 0.806. The first-order chi connectivity index (χ1) is 12.2. The summed E-state index contributed by atoms with van der Waals surface area (Å²) in [7, 11) is 0. The molecule has 0 N–H and O–H groups in total. The molecule has 1 atom stereocenters. The molecule has 0 amide bonds. The van der Waals surface area contributed by atoms with Crippen molar-refractivity contribution in [1.82, 2.24) is 19.7 Å². The van der Waals surface area contributed by atoms with E-state index >= 15 is 0 Å². The molecule has 6 heteroatoms. The molecular formula is C19H26N4O2. The lowest BCUT2D eigenvalue weighted by molar-refractivity contribution is -0.200. The molecule has 0 saturated carbocycles. The molecule has 0 bridgehead atoms. The fraction of sp³-hybridized carbons (Fsp3) is 0.579. The van der Waals surface area contributed by atoms with E-state index in [1.54, 1.807) is 0 Å². The summed E-state index contributed by atoms with van der Waals surface area (Å²) in [5.41, 5.74) is 2.25. The van der Waals surface area contributed by atoms with Gasteiger partial charge in [0.25, 0.3) is 0 Å². The van der Waals surface area contributed by atoms with Gasteiger partial charge in [0.2, 0.25) is 0 Å². The van der Waals surface area contributed by atoms with Gasteiger partial charge in [-0.3, -0.25) is 14.6 Å². The molecule has 2 aromatic rings. The highest BCUT2D eigenvalue weighted by Crippen LogP contribution is 2.36. The average molecular weight is 342 g/mol. The van der Waals surface area contributed by atoms with Gasteiger partial charge in [0.05, 0.1) is 30.2 Å². The van der Waals surface area contributed by atoms with Crippen LogP contribution in [0.3, 0.4) is 0 Å². The zero-order valence-corrected chi connectivity index (χ0v) is 14.8. The van der Waals surface area contributed by atoms with Gasteiger partial charge in [-0.2, -0.15) is 5.10 Å². The van der Waals surface area contributed by atoms with Crippen molar-refractivity contribution in [1.29, 1.82) is 0 Å². The van der Waals surface area contributed by atoms with Crippen molar-refractivity contribution in [2.24, 2.45) is 0 Å². The minimum Gasteiger partial charge on any atom is -0.372 e. The third-order valence-corrected chi connectivity index (χ3v) is 5.08. The van der Waals surface area contributed by atoms with Crippen LogP contribution in [0.15, 0.2) is 36.8 Å². The molecule has 0 aromatic carbocycles. The first kappa shape index (κ1) is 16.7. The predicted molar refractivity (Wildman–Crippen MR) is 93.9 cm³/mol. The zero-order valence-electron chi connectivity index (χ0n) is 14.8. The van der Waals surface area contributed by atoms with Crippen molar-refractivity contribution >= 4 is 0 Å². The number of rotatable bonds is 6. The summed E-state index contributed by atoms with van der Waals surface area (Å²) < 4.78 is 14.2. The van der Waals surface area contributed by atoms with Crippen LogP contribution < -0.4 is 0 Å². The fourth-order valence-electron chi connectivity index (χ4n) is 3.83. The van der Waals surface area contributed by atoms with Crippen molar-refractivity contribution in [3.63, 3.8) is 0 Å². The molecule has 25 heavy (non-hydrogen) atoms. The van der Waals surface area contributed by atoms with E-state index in [9.17, 15) is 0 Å². The van der Waals surface area contributed by atoms with Crippen molar-refractivity contribution in [3.8, 4) is 0 Å². The molecule has 2 saturated heterocycles. The molecule has 2 aliphatic rings. The zero-order chi connectivity index (χ0) is 17.1. The lowest BCUT2D eigenvalue weighted by Gasteiger charge is -2.53. The Morgan fingerprint density at radius 3 is 3.04 bits per heavy atom. The normalized spacial score (nSPS) is 22.8. The van der Waals surface area contributed by atoms with Crippen LogP contribution in [-0.4, -0.2) is 51.1 Å². The molecule has 2 aliphatic heterocycles. The molecular weight excluding hydrogens is 316 g/mol. The Morgan fingerprint density at radius 1 is 1.36 bits per heavy atom. The van der Waals surface area contributed by atoms with Gasteiger partial charge >= 0.3 is 0 Å². The maximum absolute atomic E-state index is 6.12. The summed E-state index contributed by atoms with van der Waals surface area (Å²) in [4.78, 5) is 6.76. The molecule has 0 unspecified atom stereocenters. The molecule has 0 radical (unpaired) electrons. The summed E-state index contributed by atoms with van der Waals surface area (Å²) in [6, 6.07) is 5.94. The average Bonchev–Trinajstić information content (AvgIpc) is 3.08. The Bertz CT molecular complexity index is 682. The maximum atomic E-state index is 6.12. The van der Waals surface area contributed by atoms with Gasteiger partial charge in [-0.15, -0.1) is 0 Å². The van der Waals surface area contributed by atoms with Crippen LogP contribution >= 0.6 is 0 Å². The van der Waals surface area contributed by atoms with Crippen LogP contribution in [0.25, 0.3) is 0 Å². The van der Waals surface area contributed by atoms with Crippen molar-refractivity contribution in [2.45, 2.75) is 51.2 Å². The second-order valence-electron chi connectivity index (χ2n) is 7.13. The highest BCUT2D eigenvalue weighted by atomic mass is 16.5. The predicted octanol–water partition coefficient (Wildman–Crippen LogP) is 2.25. The van der Waals surface area contributed by atoms with Crippen LogP contribution in [0.4, 0.5) is 0 Å². The Kier molecular flexibility index (Phi) is 4.83. The SMILES string of the molecule is CCn1cc(CN2CC3(C[C@@H](OCc4ccccn4)CCO3)C2)cn1. The fourth-order valence-corrected chi connectivity index (χ4v) is 3.83. The largest absolute Gasteiger partial charge is 0.372 e. The first-order valence-electron chi connectivity index (χ1n) is 9.14. The second-order valence-corrected chi connectivity index (χ2v) is 7.13. The minimum absolute atomic E-state index is 0.0201. The lowest BCUT2D eigenvalue weighted by atomic mass is 9.84. The van der Waals surface area contributed by atoms with Gasteiger partial charge in [0.15, 0.2) is 0 Å². The van der Waals surface area contributed by atoms with E-state index in [2.05, 4.69) is 28.1 Å². The number of likely N-dealkylation sites (tertiary alicyclic amines) is 1. The Balaban J connectivity index is 1.26. The second kappa shape index (κ2) is 7.23. The van der Waals surface area contributed by atoms with E-state index in [-0.39, 0.29) is 11.7 Å². The number of aromatic nitrogens is 3. The van der Waals surface area contributed by atoms with E-state index < -0.39 is 0 Å². The van der Waals surface area contributed by atoms with E-state index in [0.29, 0.717) is 6.61 Å². The number of aryl methyl sites for hydroxylation is 1. The van der Waals surface area contributed by atoms with Gasteiger partial charge in [-0.1, -0.05) is 6.07 Å². The van der Waals surface area contributed by atoms with Crippen molar-refractivity contribution in [2.75, 3.05) is 19.7 Å². The molecule has 4 heterocycles. The number of pyridine rings is 1. The number of hydrogen-bond acceptors (Lipinski definition) is 5. The highest BCUT2D eigenvalue weighted by Gasteiger charge is 2.47. The Hall–Kier alpha value is -1.76. The summed E-state index contributed by atoms with van der Waals surface area (Å²) in [6.45, 7) is 7.31. The summed E-state index contributed by atoms with van der Waals surface area (Å²) >= 11 is 0. The number of ether oxygens (including phenoxy) is 2. The molecule has 0 aliphatic carbocycles. The molecule has 2 aromatic heterocycles. The standard InChI is InChI=1S/C19H26N4O2/c1-2-23-12-16(10-21-23)11-22-14-19(15-22)9-18(6-8-25-19)24-13-17-5-3-4-7-20-17/h3-5,7,10,12,18H,2,6,8-9,11,13-15H2,1H3/t18-/m0/s1. The van der Waals surface area contributed by atoms with Crippen molar-refractivity contribution in [3.05, 3.63) is 48.0 Å². The van der Waals surface area contributed by atoms with E-state index in [0.717, 1.165) is 51.3 Å². The number of hydrogen-bond donors (Lipinski definition) is 0. The monoisotopic (exact) mass is 342 g/mol. The summed E-state index contributed by atoms with van der Waals surface area (Å²) in [6.07, 6.45) is 8.12. The molecule has 1 spiro atoms. The smallest absolute Gasteiger partial charge is 0.0959 e. The molecule has 134 valence electrons. The van der Waals surface area contributed by atoms with Gasteiger partial charge in [-0.05, 0) is 25.5 Å². The molecule has 4 rings (SSSR count). The van der Waals surface area contributed by atoms with E-state index in [4.69, 9.17) is 9.47 Å². The van der Waals surface area contributed by atoms with Gasteiger partial charge in [0.1, 0.15) is 0 Å². The Morgan fingerprint density at radius 2 is 2.28 bits per heavy atom. The van der Waals surface area contributed by atoms with Crippen LogP contribution in [0.5, 0.6) is 0 Å². The van der Waals surface area contributed by atoms with Gasteiger partial charge < -0.3 is 9.47 Å². The molecule has 6 nitrogen and oxygen atoms in total. The van der Waals surface area contributed by atoms with Crippen LogP contribution in [-0.2, 0) is 29.2 Å². The van der Waals surface area contributed by atoms with E-state index in [1.165, 1.54) is 5.56 Å². The van der Waals surface area contributed by atoms with Crippen LogP contribution in [0.2, 0.25) is 0 Å². The molecule has 2 fully saturated rings. The Labute approximate surface area is 148 Å². The summed E-state index contributed by atoms with van der Waals surface area (Å²) in [5, 5.41) is 4.35. The first-order valence-corrected chi connectivity index (χ1v) is 9.14. The van der Waals surface area contributed by atoms with Gasteiger partial charge in [-0.25, -0.2) is 0 Å². The third kappa shape index (κ3) is 3.92. The third-order valence-electron chi connectivity index (χ3n) is 5.08. The minimum atomic E-state index is -0.0201. The lowest BCUT2D eigenvalue weighted by Crippen LogP contribution is -2.65. The maximum Gasteiger partial charge on any atom is 0.0959 e. The summed E-state index contributed by atoms with van der Waals surface area (Å²) in [5.74, 6) is 0. The highest BCUT2D eigenvalue weighted by molar-refractivity contribution is 5.08. The van der Waals surface area contributed by atoms with Crippen molar-refractivity contribution < 1.29 is 9.47 Å². The van der Waals surface area contributed by atoms with Crippen LogP contribution in [0, 0.1) is 0 Å². The van der Waals surface area contributed by atoms with E-state index in [1.807, 2.05) is 35.3 Å². The number of nitrogens with zero attached hydrogens (tertiary/aromatic N) is 4. The van der Waals surface area contributed by atoms with Gasteiger partial charge in [0, 0.05) is 57.2 Å².